The standard InChI is InChI=1S/C23H14ClN7O2S/c24-13-8-6-12(7-9-13)17-15(10-25)21(27)29-23-18(17)19(26)20(34-23)22(32)28-16-11-31(30-33-16)14-4-2-1-3-5-14/h1-9,11H,(H4-,26,27,28,29,30,32)/p+1. The molecule has 0 spiro atoms. The number of hydrogen-bond donors (Lipinski definition) is 3. The number of nitrogen functional groups attached to an aromatic ring is 2. The number of benzene rings is 2. The minimum absolute atomic E-state index is 0.0484. The molecule has 9 nitrogen and oxygen atoms in total. The number of rotatable bonds is 4. The summed E-state index contributed by atoms with van der Waals surface area (Å²) in [6.07, 6.45) is 1.54. The van der Waals surface area contributed by atoms with Crippen LogP contribution in [-0.4, -0.2) is 16.2 Å². The highest BCUT2D eigenvalue weighted by molar-refractivity contribution is 7.21. The predicted octanol–water partition coefficient (Wildman–Crippen LogP) is 4.17. The molecule has 1 amide bonds. The van der Waals surface area contributed by atoms with Crippen LogP contribution in [0, 0.1) is 11.3 Å². The van der Waals surface area contributed by atoms with Crippen LogP contribution in [0.25, 0.3) is 27.0 Å². The molecular formula is C23H15ClN7O2S+. The smallest absolute Gasteiger partial charge is 0.303 e. The zero-order valence-electron chi connectivity index (χ0n) is 17.3. The van der Waals surface area contributed by atoms with Crippen molar-refractivity contribution in [2.75, 3.05) is 16.8 Å². The van der Waals surface area contributed by atoms with E-state index >= 15 is 0 Å². The summed E-state index contributed by atoms with van der Waals surface area (Å²) >= 11 is 7.09. The van der Waals surface area contributed by atoms with Crippen LogP contribution in [0.5, 0.6) is 0 Å². The maximum absolute atomic E-state index is 13.1. The Bertz CT molecular complexity index is 1590. The first kappa shape index (κ1) is 21.4. The molecule has 5 rings (SSSR count). The van der Waals surface area contributed by atoms with Crippen LogP contribution in [0.3, 0.4) is 0 Å². The number of nitrogens with zero attached hydrogens (tertiary/aromatic N) is 4. The molecule has 3 heterocycles. The Morgan fingerprint density at radius 3 is 2.59 bits per heavy atom. The van der Waals surface area contributed by atoms with Crippen molar-refractivity contribution in [1.82, 2.24) is 10.3 Å². The third-order valence-corrected chi connectivity index (χ3v) is 6.43. The lowest BCUT2D eigenvalue weighted by Crippen LogP contribution is -2.31. The molecule has 2 aromatic carbocycles. The first-order chi connectivity index (χ1) is 16.5. The van der Waals surface area contributed by atoms with Crippen molar-refractivity contribution in [2.45, 2.75) is 0 Å². The monoisotopic (exact) mass is 488 g/mol. The number of carbonyl (C=O) groups is 1. The van der Waals surface area contributed by atoms with Crippen molar-refractivity contribution >= 4 is 56.5 Å². The zero-order chi connectivity index (χ0) is 23.8. The maximum Gasteiger partial charge on any atom is 0.303 e. The van der Waals surface area contributed by atoms with Gasteiger partial charge in [-0.2, -0.15) is 5.26 Å². The Labute approximate surface area is 201 Å². The topological polar surface area (TPSA) is 148 Å². The van der Waals surface area contributed by atoms with E-state index in [-0.39, 0.29) is 27.8 Å². The molecular weight excluding hydrogens is 474 g/mol. The molecule has 0 bridgehead atoms. The van der Waals surface area contributed by atoms with Gasteiger partial charge in [-0.3, -0.25) is 14.6 Å². The molecule has 0 atom stereocenters. The number of halogens is 1. The molecule has 0 fully saturated rings. The molecule has 0 aliphatic rings. The number of hydrogen-bond acceptors (Lipinski definition) is 8. The van der Waals surface area contributed by atoms with Crippen molar-refractivity contribution in [3.05, 3.63) is 76.3 Å². The second-order valence-electron chi connectivity index (χ2n) is 7.19. The van der Waals surface area contributed by atoms with Gasteiger partial charge in [0.1, 0.15) is 27.2 Å². The maximum atomic E-state index is 13.1. The number of aromatic nitrogens is 3. The van der Waals surface area contributed by atoms with Crippen LogP contribution in [0.1, 0.15) is 15.2 Å². The van der Waals surface area contributed by atoms with Crippen LogP contribution >= 0.6 is 22.9 Å². The van der Waals surface area contributed by atoms with Crippen molar-refractivity contribution in [3.8, 4) is 22.9 Å². The lowest BCUT2D eigenvalue weighted by Gasteiger charge is -2.09. The van der Waals surface area contributed by atoms with E-state index in [9.17, 15) is 10.1 Å². The number of amides is 1. The molecule has 0 aliphatic heterocycles. The summed E-state index contributed by atoms with van der Waals surface area (Å²) in [5, 5.41) is 17.3. The van der Waals surface area contributed by atoms with Gasteiger partial charge in [0.25, 0.3) is 12.1 Å². The van der Waals surface area contributed by atoms with Crippen molar-refractivity contribution < 1.29 is 14.0 Å². The first-order valence-electron chi connectivity index (χ1n) is 9.89. The SMILES string of the molecule is N#Cc1c(N)nc2sc(C(=O)Nc3c[n+](-c4ccccc4)no3)c(N)c2c1-c1ccc(Cl)cc1. The zero-order valence-corrected chi connectivity index (χ0v) is 18.9. The Balaban J connectivity index is 1.56. The van der Waals surface area contributed by atoms with Crippen molar-refractivity contribution in [3.63, 3.8) is 0 Å². The largest absolute Gasteiger partial charge is 0.397 e. The van der Waals surface area contributed by atoms with Gasteiger partial charge in [-0.1, -0.05) is 41.9 Å². The summed E-state index contributed by atoms with van der Waals surface area (Å²) in [7, 11) is 0. The quantitative estimate of drug-likeness (QED) is 0.321. The Morgan fingerprint density at radius 2 is 1.88 bits per heavy atom. The summed E-state index contributed by atoms with van der Waals surface area (Å²) in [5.41, 5.74) is 14.8. The molecule has 166 valence electrons. The van der Waals surface area contributed by atoms with E-state index in [1.54, 1.807) is 30.5 Å². The highest BCUT2D eigenvalue weighted by Crippen LogP contribution is 2.42. The second-order valence-corrected chi connectivity index (χ2v) is 8.63. The number of nitriles is 1. The van der Waals surface area contributed by atoms with Crippen LogP contribution in [0.15, 0.2) is 65.3 Å². The Hall–Kier alpha value is -4.46. The highest BCUT2D eigenvalue weighted by Gasteiger charge is 2.26. The van der Waals surface area contributed by atoms with E-state index in [0.717, 1.165) is 17.0 Å². The summed E-state index contributed by atoms with van der Waals surface area (Å²) in [6, 6.07) is 18.3. The van der Waals surface area contributed by atoms with E-state index in [1.807, 2.05) is 30.3 Å². The molecule has 0 saturated carbocycles. The van der Waals surface area contributed by atoms with Crippen LogP contribution in [-0.2, 0) is 0 Å². The van der Waals surface area contributed by atoms with Gasteiger partial charge in [-0.25, -0.2) is 4.98 Å². The minimum Gasteiger partial charge on any atom is -0.397 e. The fourth-order valence-corrected chi connectivity index (χ4v) is 4.66. The number of nitrogens with one attached hydrogen (secondary N) is 1. The summed E-state index contributed by atoms with van der Waals surface area (Å²) in [4.78, 5) is 18.0. The predicted molar refractivity (Wildman–Crippen MR) is 130 cm³/mol. The number of carbonyl (C=O) groups excluding carboxylic acids is 1. The minimum atomic E-state index is -0.504. The molecule has 0 saturated heterocycles. The fraction of sp³-hybridized carbons (Fsp3) is 0. The number of fused-ring (bicyclic) bond motifs is 1. The average molecular weight is 489 g/mol. The van der Waals surface area contributed by atoms with Gasteiger partial charge in [0, 0.05) is 28.1 Å². The number of anilines is 3. The van der Waals surface area contributed by atoms with Gasteiger partial charge in [-0.05, 0) is 22.4 Å². The van der Waals surface area contributed by atoms with Crippen LogP contribution in [0.4, 0.5) is 17.4 Å². The molecule has 0 aliphatic carbocycles. The van der Waals surface area contributed by atoms with Gasteiger partial charge in [0.2, 0.25) is 11.0 Å². The fourth-order valence-electron chi connectivity index (χ4n) is 3.53. The van der Waals surface area contributed by atoms with Gasteiger partial charge in [0.15, 0.2) is 0 Å². The highest BCUT2D eigenvalue weighted by atomic mass is 35.5. The molecule has 3 aromatic heterocycles. The normalized spacial score (nSPS) is 10.8. The Kier molecular flexibility index (Phi) is 5.33. The van der Waals surface area contributed by atoms with Gasteiger partial charge in [-0.15, -0.1) is 11.3 Å². The second kappa shape index (κ2) is 8.47. The third-order valence-electron chi connectivity index (χ3n) is 5.08. The molecule has 5 N–H and O–H groups in total. The lowest BCUT2D eigenvalue weighted by molar-refractivity contribution is -0.670. The number of pyridine rings is 1. The van der Waals surface area contributed by atoms with Gasteiger partial charge >= 0.3 is 5.88 Å². The molecule has 34 heavy (non-hydrogen) atoms. The lowest BCUT2D eigenvalue weighted by atomic mass is 9.97. The van der Waals surface area contributed by atoms with E-state index in [1.165, 1.54) is 4.68 Å². The number of thiophene rings is 1. The van der Waals surface area contributed by atoms with Crippen molar-refractivity contribution in [2.24, 2.45) is 0 Å². The molecule has 11 heteroatoms. The number of para-hydroxylation sites is 1. The van der Waals surface area contributed by atoms with E-state index in [0.29, 0.717) is 26.4 Å². The van der Waals surface area contributed by atoms with E-state index in [2.05, 4.69) is 21.6 Å². The average Bonchev–Trinajstić information content (AvgIpc) is 3.44. The van der Waals surface area contributed by atoms with E-state index < -0.39 is 5.91 Å². The summed E-state index contributed by atoms with van der Waals surface area (Å²) in [5.74, 6) is -0.322. The third kappa shape index (κ3) is 3.69. The molecule has 0 unspecified atom stereocenters. The van der Waals surface area contributed by atoms with E-state index in [4.69, 9.17) is 27.6 Å². The number of nitrogens with two attached hydrogens (primary N) is 2. The van der Waals surface area contributed by atoms with Crippen LogP contribution < -0.4 is 21.5 Å². The Morgan fingerprint density at radius 1 is 1.15 bits per heavy atom. The van der Waals surface area contributed by atoms with Crippen LogP contribution in [0.2, 0.25) is 5.02 Å². The molecule has 0 radical (unpaired) electrons. The van der Waals surface area contributed by atoms with Crippen molar-refractivity contribution in [1.29, 1.82) is 5.26 Å². The first-order valence-corrected chi connectivity index (χ1v) is 11.1. The van der Waals surface area contributed by atoms with Gasteiger partial charge in [0.05, 0.1) is 5.69 Å². The summed E-state index contributed by atoms with van der Waals surface area (Å²) < 4.78 is 6.73. The van der Waals surface area contributed by atoms with Gasteiger partial charge < -0.3 is 11.5 Å². The molecule has 5 aromatic rings. The summed E-state index contributed by atoms with van der Waals surface area (Å²) in [6.45, 7) is 0.